The summed E-state index contributed by atoms with van der Waals surface area (Å²) >= 11 is 5.00. The van der Waals surface area contributed by atoms with Crippen molar-refractivity contribution in [2.24, 2.45) is 0 Å². The zero-order valence-electron chi connectivity index (χ0n) is 11.4. The van der Waals surface area contributed by atoms with Gasteiger partial charge < -0.3 is 10.1 Å². The van der Waals surface area contributed by atoms with Crippen LogP contribution in [0.4, 0.5) is 4.39 Å². The maximum Gasteiger partial charge on any atom is 0.125 e. The molecular weight excluding hydrogens is 343 g/mol. The van der Waals surface area contributed by atoms with E-state index in [0.29, 0.717) is 11.1 Å². The maximum absolute atomic E-state index is 13.2. The lowest BCUT2D eigenvalue weighted by atomic mass is 10.2. The van der Waals surface area contributed by atoms with Gasteiger partial charge in [-0.15, -0.1) is 11.3 Å². The van der Waals surface area contributed by atoms with Gasteiger partial charge in [0.25, 0.3) is 0 Å². The molecule has 0 aliphatic heterocycles. The van der Waals surface area contributed by atoms with Gasteiger partial charge in [-0.25, -0.2) is 9.37 Å². The van der Waals surface area contributed by atoms with Gasteiger partial charge in [-0.2, -0.15) is 0 Å². The van der Waals surface area contributed by atoms with E-state index in [4.69, 9.17) is 4.74 Å². The molecule has 0 radical (unpaired) electrons. The Kier molecular flexibility index (Phi) is 5.65. The molecule has 1 aromatic heterocycles. The van der Waals surface area contributed by atoms with E-state index in [2.05, 4.69) is 33.2 Å². The summed E-state index contributed by atoms with van der Waals surface area (Å²) in [7, 11) is 1.66. The summed E-state index contributed by atoms with van der Waals surface area (Å²) in [6.07, 6.45) is 0. The number of rotatable bonds is 6. The van der Waals surface area contributed by atoms with E-state index in [9.17, 15) is 4.39 Å². The van der Waals surface area contributed by atoms with E-state index in [-0.39, 0.29) is 5.82 Å². The second-order valence-corrected chi connectivity index (χ2v) is 6.16. The predicted molar refractivity (Wildman–Crippen MR) is 83.3 cm³/mol. The van der Waals surface area contributed by atoms with Gasteiger partial charge in [0.15, 0.2) is 0 Å². The number of hydrogen-bond donors (Lipinski definition) is 1. The highest BCUT2D eigenvalue weighted by Gasteiger charge is 2.14. The Morgan fingerprint density at radius 2 is 2.25 bits per heavy atom. The van der Waals surface area contributed by atoms with Crippen molar-refractivity contribution in [2.75, 3.05) is 13.7 Å². The van der Waals surface area contributed by atoms with E-state index in [1.807, 2.05) is 0 Å². The number of benzene rings is 1. The van der Waals surface area contributed by atoms with Crippen LogP contribution in [0.5, 0.6) is 0 Å². The molecule has 0 bridgehead atoms. The first-order valence-corrected chi connectivity index (χ1v) is 7.90. The monoisotopic (exact) mass is 358 g/mol. The van der Waals surface area contributed by atoms with Gasteiger partial charge >= 0.3 is 0 Å². The third-order valence-corrected chi connectivity index (χ3v) is 4.54. The molecule has 0 aliphatic rings. The second kappa shape index (κ2) is 7.26. The largest absolute Gasteiger partial charge is 0.378 e. The van der Waals surface area contributed by atoms with Crippen LogP contribution in [-0.2, 0) is 17.9 Å². The van der Waals surface area contributed by atoms with Gasteiger partial charge in [-0.3, -0.25) is 0 Å². The van der Waals surface area contributed by atoms with Crippen molar-refractivity contribution in [2.45, 2.75) is 20.1 Å². The topological polar surface area (TPSA) is 34.2 Å². The Balaban J connectivity index is 2.36. The summed E-state index contributed by atoms with van der Waals surface area (Å²) in [4.78, 5) is 5.77. The maximum atomic E-state index is 13.2. The molecule has 6 heteroatoms. The summed E-state index contributed by atoms with van der Waals surface area (Å²) in [5.41, 5.74) is 1.83. The third-order valence-electron chi connectivity index (χ3n) is 2.76. The zero-order chi connectivity index (χ0) is 14.5. The van der Waals surface area contributed by atoms with Crippen LogP contribution in [0.1, 0.15) is 17.5 Å². The van der Waals surface area contributed by atoms with Gasteiger partial charge in [0.05, 0.1) is 12.3 Å². The molecule has 1 N–H and O–H groups in total. The van der Waals surface area contributed by atoms with E-state index < -0.39 is 0 Å². The zero-order valence-corrected chi connectivity index (χ0v) is 13.8. The molecule has 0 spiro atoms. The van der Waals surface area contributed by atoms with Crippen LogP contribution in [0.25, 0.3) is 10.6 Å². The molecule has 0 saturated carbocycles. The van der Waals surface area contributed by atoms with E-state index in [1.54, 1.807) is 24.5 Å². The molecule has 0 unspecified atom stereocenters. The second-order valence-electron chi connectivity index (χ2n) is 4.23. The van der Waals surface area contributed by atoms with Gasteiger partial charge in [-0.05, 0) is 40.7 Å². The molecule has 2 aromatic rings. The van der Waals surface area contributed by atoms with Crippen molar-refractivity contribution < 1.29 is 9.13 Å². The van der Waals surface area contributed by atoms with Crippen molar-refractivity contribution in [1.82, 2.24) is 10.3 Å². The first-order chi connectivity index (χ1) is 9.65. The Morgan fingerprint density at radius 1 is 1.45 bits per heavy atom. The fourth-order valence-corrected chi connectivity index (χ4v) is 3.53. The molecule has 2 rings (SSSR count). The van der Waals surface area contributed by atoms with Crippen LogP contribution >= 0.6 is 27.3 Å². The molecule has 0 aliphatic carbocycles. The summed E-state index contributed by atoms with van der Waals surface area (Å²) in [6.45, 7) is 4.22. The third kappa shape index (κ3) is 3.63. The van der Waals surface area contributed by atoms with Gasteiger partial charge in [0, 0.05) is 28.6 Å². The average molecular weight is 359 g/mol. The van der Waals surface area contributed by atoms with E-state index in [0.717, 1.165) is 34.2 Å². The van der Waals surface area contributed by atoms with Crippen molar-refractivity contribution >= 4 is 27.3 Å². The van der Waals surface area contributed by atoms with Gasteiger partial charge in [-0.1, -0.05) is 6.92 Å². The summed E-state index contributed by atoms with van der Waals surface area (Å²) in [5.74, 6) is -0.262. The molecular formula is C14H16BrFN2OS. The standard InChI is InChI=1S/C14H16BrFN2OS/c1-3-17-7-13-12(8-19-2)18-14(20-13)10-5-4-9(16)6-11(10)15/h4-6,17H,3,7-8H2,1-2H3. The van der Waals surface area contributed by atoms with Crippen molar-refractivity contribution in [1.29, 1.82) is 0 Å². The predicted octanol–water partition coefficient (Wildman–Crippen LogP) is 3.97. The number of halogens is 2. The highest BCUT2D eigenvalue weighted by atomic mass is 79.9. The van der Waals surface area contributed by atoms with Crippen molar-refractivity contribution in [3.8, 4) is 10.6 Å². The molecule has 1 aromatic carbocycles. The van der Waals surface area contributed by atoms with Crippen LogP contribution in [-0.4, -0.2) is 18.6 Å². The van der Waals surface area contributed by atoms with Crippen LogP contribution in [0.15, 0.2) is 22.7 Å². The molecule has 3 nitrogen and oxygen atoms in total. The van der Waals surface area contributed by atoms with Gasteiger partial charge in [0.2, 0.25) is 0 Å². The molecule has 108 valence electrons. The smallest absolute Gasteiger partial charge is 0.125 e. The quantitative estimate of drug-likeness (QED) is 0.848. The van der Waals surface area contributed by atoms with Gasteiger partial charge in [0.1, 0.15) is 10.8 Å². The number of methoxy groups -OCH3 is 1. The lowest BCUT2D eigenvalue weighted by Crippen LogP contribution is -2.12. The fourth-order valence-electron chi connectivity index (χ4n) is 1.79. The fraction of sp³-hybridized carbons (Fsp3) is 0.357. The first kappa shape index (κ1) is 15.6. The SMILES string of the molecule is CCNCc1sc(-c2ccc(F)cc2Br)nc1COC. The van der Waals surface area contributed by atoms with E-state index in [1.165, 1.54) is 12.1 Å². The molecule has 0 amide bonds. The Morgan fingerprint density at radius 3 is 2.90 bits per heavy atom. The number of ether oxygens (including phenoxy) is 1. The Bertz CT molecular complexity index is 589. The number of hydrogen-bond acceptors (Lipinski definition) is 4. The minimum absolute atomic E-state index is 0.262. The average Bonchev–Trinajstić information content (AvgIpc) is 2.80. The lowest BCUT2D eigenvalue weighted by molar-refractivity contribution is 0.181. The summed E-state index contributed by atoms with van der Waals surface area (Å²) in [6, 6.07) is 4.64. The number of nitrogens with one attached hydrogen (secondary N) is 1. The normalized spacial score (nSPS) is 11.0. The minimum atomic E-state index is -0.262. The van der Waals surface area contributed by atoms with Crippen LogP contribution < -0.4 is 5.32 Å². The van der Waals surface area contributed by atoms with Crippen LogP contribution in [0, 0.1) is 5.82 Å². The molecule has 1 heterocycles. The molecule has 0 saturated heterocycles. The number of nitrogens with zero attached hydrogens (tertiary/aromatic N) is 1. The van der Waals surface area contributed by atoms with Crippen molar-refractivity contribution in [3.63, 3.8) is 0 Å². The highest BCUT2D eigenvalue weighted by Crippen LogP contribution is 2.33. The summed E-state index contributed by atoms with van der Waals surface area (Å²) < 4.78 is 19.1. The lowest BCUT2D eigenvalue weighted by Gasteiger charge is -2.00. The van der Waals surface area contributed by atoms with Crippen LogP contribution in [0.3, 0.4) is 0 Å². The van der Waals surface area contributed by atoms with E-state index >= 15 is 0 Å². The minimum Gasteiger partial charge on any atom is -0.378 e. The number of thiazole rings is 1. The Hall–Kier alpha value is -0.820. The van der Waals surface area contributed by atoms with Crippen molar-refractivity contribution in [3.05, 3.63) is 39.1 Å². The van der Waals surface area contributed by atoms with Crippen LogP contribution in [0.2, 0.25) is 0 Å². The summed E-state index contributed by atoms with van der Waals surface area (Å²) in [5, 5.41) is 4.17. The number of aromatic nitrogens is 1. The molecule has 0 atom stereocenters. The molecule has 20 heavy (non-hydrogen) atoms. The molecule has 0 fully saturated rings. The first-order valence-electron chi connectivity index (χ1n) is 6.29. The highest BCUT2D eigenvalue weighted by molar-refractivity contribution is 9.10. The Labute approximate surface area is 130 Å².